The molecule has 1 unspecified atom stereocenters. The van der Waals surface area contributed by atoms with E-state index in [4.69, 9.17) is 4.98 Å². The minimum Gasteiger partial charge on any atom is -0.345 e. The average Bonchev–Trinajstić information content (AvgIpc) is 2.79. The van der Waals surface area contributed by atoms with Gasteiger partial charge in [0.05, 0.1) is 12.2 Å². The van der Waals surface area contributed by atoms with Crippen molar-refractivity contribution in [2.24, 2.45) is 17.3 Å². The summed E-state index contributed by atoms with van der Waals surface area (Å²) in [5.41, 5.74) is 3.15. The summed E-state index contributed by atoms with van der Waals surface area (Å²) in [5, 5.41) is 3.47. The van der Waals surface area contributed by atoms with Gasteiger partial charge in [0.25, 0.3) is 0 Å². The summed E-state index contributed by atoms with van der Waals surface area (Å²) in [6, 6.07) is 0. The van der Waals surface area contributed by atoms with Crippen LogP contribution in [0.3, 0.4) is 0 Å². The zero-order valence-electron chi connectivity index (χ0n) is 13.8. The smallest absolute Gasteiger partial charge is 0.120 e. The molecule has 0 amide bonds. The molecule has 3 nitrogen and oxygen atoms in total. The van der Waals surface area contributed by atoms with E-state index in [1.54, 1.807) is 0 Å². The van der Waals surface area contributed by atoms with Crippen LogP contribution in [-0.4, -0.2) is 16.5 Å². The van der Waals surface area contributed by atoms with Gasteiger partial charge in [-0.3, -0.25) is 0 Å². The van der Waals surface area contributed by atoms with Gasteiger partial charge in [0.1, 0.15) is 5.82 Å². The van der Waals surface area contributed by atoms with Crippen LogP contribution in [0.2, 0.25) is 0 Å². The predicted octanol–water partition coefficient (Wildman–Crippen LogP) is 3.70. The number of hydrogen-bond donors (Lipinski definition) is 2. The molecule has 1 aromatic rings. The normalized spacial score (nSPS) is 19.4. The Kier molecular flexibility index (Phi) is 4.90. The summed E-state index contributed by atoms with van der Waals surface area (Å²) in [4.78, 5) is 8.33. The van der Waals surface area contributed by atoms with Crippen LogP contribution < -0.4 is 5.32 Å². The van der Waals surface area contributed by atoms with E-state index in [0.29, 0.717) is 11.3 Å². The van der Waals surface area contributed by atoms with Crippen molar-refractivity contribution in [3.63, 3.8) is 0 Å². The van der Waals surface area contributed by atoms with Gasteiger partial charge in [0.15, 0.2) is 0 Å². The molecule has 2 N–H and O–H groups in total. The van der Waals surface area contributed by atoms with E-state index in [1.807, 2.05) is 0 Å². The molecule has 0 aliphatic heterocycles. The van der Waals surface area contributed by atoms with Crippen LogP contribution in [0.1, 0.15) is 64.7 Å². The summed E-state index contributed by atoms with van der Waals surface area (Å²) in [5.74, 6) is 2.59. The highest BCUT2D eigenvalue weighted by Gasteiger charge is 2.32. The van der Waals surface area contributed by atoms with Gasteiger partial charge in [-0.1, -0.05) is 41.0 Å². The first-order valence-corrected chi connectivity index (χ1v) is 8.19. The summed E-state index contributed by atoms with van der Waals surface area (Å²) >= 11 is 0. The number of aromatic nitrogens is 2. The Morgan fingerprint density at radius 3 is 2.80 bits per heavy atom. The number of imidazole rings is 1. The lowest BCUT2D eigenvalue weighted by Gasteiger charge is -2.35. The lowest BCUT2D eigenvalue weighted by molar-refractivity contribution is 0.181. The van der Waals surface area contributed by atoms with Crippen LogP contribution in [-0.2, 0) is 19.4 Å². The third kappa shape index (κ3) is 3.63. The predicted molar refractivity (Wildman–Crippen MR) is 84.7 cm³/mol. The van der Waals surface area contributed by atoms with Gasteiger partial charge in [-0.25, -0.2) is 4.98 Å². The Morgan fingerprint density at radius 2 is 2.15 bits per heavy atom. The highest BCUT2D eigenvalue weighted by atomic mass is 15.0. The molecule has 1 aliphatic carbocycles. The molecule has 1 aliphatic rings. The number of rotatable bonds is 6. The molecular weight excluding hydrogens is 246 g/mol. The molecule has 0 saturated heterocycles. The zero-order chi connectivity index (χ0) is 14.8. The van der Waals surface area contributed by atoms with Crippen LogP contribution in [0.4, 0.5) is 0 Å². The lowest BCUT2D eigenvalue weighted by Crippen LogP contribution is -2.29. The Labute approximate surface area is 124 Å². The minimum absolute atomic E-state index is 0.443. The second-order valence-corrected chi connectivity index (χ2v) is 7.42. The Balaban J connectivity index is 1.97. The van der Waals surface area contributed by atoms with Gasteiger partial charge in [-0.15, -0.1) is 0 Å². The van der Waals surface area contributed by atoms with E-state index in [0.717, 1.165) is 31.3 Å². The first-order valence-electron chi connectivity index (χ1n) is 8.19. The molecule has 0 aromatic carbocycles. The van der Waals surface area contributed by atoms with Crippen molar-refractivity contribution in [2.75, 3.05) is 6.54 Å². The molecule has 114 valence electrons. The Hall–Kier alpha value is -0.830. The SMILES string of the molecule is CCC(C)(C)C1CCc2nc(CNCC(C)C)[nH]c2C1. The highest BCUT2D eigenvalue weighted by Crippen LogP contribution is 2.39. The molecule has 1 atom stereocenters. The highest BCUT2D eigenvalue weighted by molar-refractivity contribution is 5.19. The fourth-order valence-corrected chi connectivity index (χ4v) is 3.06. The van der Waals surface area contributed by atoms with E-state index in [-0.39, 0.29) is 0 Å². The topological polar surface area (TPSA) is 40.7 Å². The number of hydrogen-bond acceptors (Lipinski definition) is 2. The van der Waals surface area contributed by atoms with Gasteiger partial charge in [-0.05, 0) is 43.1 Å². The Bertz CT molecular complexity index is 431. The van der Waals surface area contributed by atoms with Crippen molar-refractivity contribution in [2.45, 2.75) is 66.8 Å². The molecule has 3 heteroatoms. The van der Waals surface area contributed by atoms with Crippen LogP contribution in [0, 0.1) is 17.3 Å². The van der Waals surface area contributed by atoms with Crippen molar-refractivity contribution in [1.29, 1.82) is 0 Å². The monoisotopic (exact) mass is 277 g/mol. The van der Waals surface area contributed by atoms with E-state index >= 15 is 0 Å². The molecule has 20 heavy (non-hydrogen) atoms. The first kappa shape index (κ1) is 15.6. The standard InChI is InChI=1S/C17H31N3/c1-6-17(4,5)13-7-8-14-15(9-13)20-16(19-14)11-18-10-12(2)3/h12-13,18H,6-11H2,1-5H3,(H,19,20). The number of nitrogens with zero attached hydrogens (tertiary/aromatic N) is 1. The maximum Gasteiger partial charge on any atom is 0.120 e. The van der Waals surface area contributed by atoms with Gasteiger partial charge in [0, 0.05) is 5.69 Å². The maximum atomic E-state index is 4.77. The molecular formula is C17H31N3. The number of nitrogens with one attached hydrogen (secondary N) is 2. The molecule has 0 fully saturated rings. The molecule has 2 rings (SSSR count). The van der Waals surface area contributed by atoms with Crippen molar-refractivity contribution in [3.05, 3.63) is 17.2 Å². The van der Waals surface area contributed by atoms with Crippen molar-refractivity contribution in [3.8, 4) is 0 Å². The van der Waals surface area contributed by atoms with Gasteiger partial charge in [0.2, 0.25) is 0 Å². The van der Waals surface area contributed by atoms with Crippen molar-refractivity contribution in [1.82, 2.24) is 15.3 Å². The van der Waals surface area contributed by atoms with E-state index < -0.39 is 0 Å². The maximum absolute atomic E-state index is 4.77. The van der Waals surface area contributed by atoms with Crippen LogP contribution >= 0.6 is 0 Å². The number of aryl methyl sites for hydroxylation is 1. The van der Waals surface area contributed by atoms with Gasteiger partial charge < -0.3 is 10.3 Å². The van der Waals surface area contributed by atoms with Crippen molar-refractivity contribution < 1.29 is 0 Å². The summed E-state index contributed by atoms with van der Waals surface area (Å²) in [7, 11) is 0. The van der Waals surface area contributed by atoms with E-state index in [1.165, 1.54) is 30.7 Å². The second kappa shape index (κ2) is 6.30. The van der Waals surface area contributed by atoms with Crippen LogP contribution in [0.5, 0.6) is 0 Å². The Morgan fingerprint density at radius 1 is 1.40 bits per heavy atom. The summed E-state index contributed by atoms with van der Waals surface area (Å²) in [6.07, 6.45) is 4.86. The fraction of sp³-hybridized carbons (Fsp3) is 0.824. The fourth-order valence-electron chi connectivity index (χ4n) is 3.06. The molecule has 1 heterocycles. The van der Waals surface area contributed by atoms with E-state index in [2.05, 4.69) is 44.9 Å². The molecule has 0 bridgehead atoms. The quantitative estimate of drug-likeness (QED) is 0.832. The van der Waals surface area contributed by atoms with Gasteiger partial charge >= 0.3 is 0 Å². The second-order valence-electron chi connectivity index (χ2n) is 7.42. The van der Waals surface area contributed by atoms with Gasteiger partial charge in [-0.2, -0.15) is 0 Å². The third-order valence-electron chi connectivity index (χ3n) is 4.96. The molecule has 0 radical (unpaired) electrons. The minimum atomic E-state index is 0.443. The lowest BCUT2D eigenvalue weighted by atomic mass is 9.70. The largest absolute Gasteiger partial charge is 0.345 e. The average molecular weight is 277 g/mol. The van der Waals surface area contributed by atoms with Crippen LogP contribution in [0.25, 0.3) is 0 Å². The van der Waals surface area contributed by atoms with Crippen LogP contribution in [0.15, 0.2) is 0 Å². The van der Waals surface area contributed by atoms with Crippen molar-refractivity contribution >= 4 is 0 Å². The summed E-state index contributed by atoms with van der Waals surface area (Å²) < 4.78 is 0. The molecule has 0 spiro atoms. The zero-order valence-corrected chi connectivity index (χ0v) is 13.8. The molecule has 0 saturated carbocycles. The summed E-state index contributed by atoms with van der Waals surface area (Å²) in [6.45, 7) is 13.5. The first-order chi connectivity index (χ1) is 9.42. The number of fused-ring (bicyclic) bond motifs is 1. The molecule has 1 aromatic heterocycles. The number of aromatic amines is 1. The van der Waals surface area contributed by atoms with E-state index in [9.17, 15) is 0 Å². The number of H-pyrrole nitrogens is 1. The third-order valence-corrected chi connectivity index (χ3v) is 4.96.